The van der Waals surface area contributed by atoms with Gasteiger partial charge in [0.2, 0.25) is 0 Å². The van der Waals surface area contributed by atoms with E-state index in [2.05, 4.69) is 123 Å². The molecule has 2 unspecified atom stereocenters. The molecule has 0 N–H and O–H groups in total. The lowest BCUT2D eigenvalue weighted by Gasteiger charge is -2.35. The number of nitrogens with zero attached hydrogens (tertiary/aromatic N) is 4. The van der Waals surface area contributed by atoms with E-state index in [4.69, 9.17) is 17.5 Å². The molecule has 0 radical (unpaired) electrons. The lowest BCUT2D eigenvalue weighted by Crippen LogP contribution is -2.56. The van der Waals surface area contributed by atoms with Gasteiger partial charge in [-0.05, 0) is 93.6 Å². The van der Waals surface area contributed by atoms with Crippen molar-refractivity contribution < 1.29 is 0 Å². The zero-order valence-corrected chi connectivity index (χ0v) is 44.6. The van der Waals surface area contributed by atoms with Crippen molar-refractivity contribution in [3.8, 4) is 71.0 Å². The number of fused-ring (bicyclic) bond motifs is 5. The van der Waals surface area contributed by atoms with E-state index in [-0.39, 0.29) is 0 Å². The van der Waals surface area contributed by atoms with Crippen molar-refractivity contribution in [3.63, 3.8) is 0 Å². The van der Waals surface area contributed by atoms with Gasteiger partial charge in [0.05, 0.1) is 23.5 Å². The average molecular weight is 1020 g/mol. The molecule has 11 rings (SSSR count). The van der Waals surface area contributed by atoms with Crippen LogP contribution in [0.15, 0.2) is 95.7 Å². The third kappa shape index (κ3) is 8.04. The predicted molar refractivity (Wildman–Crippen MR) is 295 cm³/mol. The maximum atomic E-state index is 5.05. The molecule has 0 bridgehead atoms. The van der Waals surface area contributed by atoms with Crippen LogP contribution in [0.5, 0.6) is 0 Å². The average Bonchev–Trinajstić information content (AvgIpc) is 4.16. The molecule has 1 aliphatic rings. The molecule has 1 aliphatic heterocycles. The van der Waals surface area contributed by atoms with E-state index in [1.54, 1.807) is 33.0 Å². The van der Waals surface area contributed by atoms with E-state index in [0.29, 0.717) is 11.8 Å². The molecular formula is C52H50N4S8Si. The maximum Gasteiger partial charge on any atom is 0.122 e. The minimum Gasteiger partial charge on any atom is -0.172 e. The first-order valence-corrected chi connectivity index (χ1v) is 32.0. The molecule has 0 amide bonds. The molecule has 2 aromatic carbocycles. The van der Waals surface area contributed by atoms with Crippen LogP contribution in [0.1, 0.15) is 79.1 Å². The second-order valence-corrected chi connectivity index (χ2v) is 28.8. The van der Waals surface area contributed by atoms with E-state index in [9.17, 15) is 0 Å². The Morgan fingerprint density at radius 1 is 0.446 bits per heavy atom. The quantitative estimate of drug-likeness (QED) is 0.0804. The Balaban J connectivity index is 1.05. The summed E-state index contributed by atoms with van der Waals surface area (Å²) in [6.07, 6.45) is 10.2. The SMILES string of the molecule is CCCCC(CC)C[Si]1(CC(CC)CCCC)c2cc(-c3ccc(-c4ccc(-c5cccs5)s4)c4nsnc34)sc2-c2sc(-c3ccc(-c4ccc(-c5cccs5)s4)c4nsnc34)cc21. The number of benzene rings is 2. The van der Waals surface area contributed by atoms with Crippen molar-refractivity contribution in [1.82, 2.24) is 17.5 Å². The largest absolute Gasteiger partial charge is 0.172 e. The lowest BCUT2D eigenvalue weighted by molar-refractivity contribution is 0.469. The fourth-order valence-electron chi connectivity index (χ4n) is 10.2. The molecule has 10 aromatic rings. The first-order chi connectivity index (χ1) is 32.0. The molecule has 0 aliphatic carbocycles. The third-order valence-corrected chi connectivity index (χ3v) is 27.4. The second-order valence-electron chi connectivity index (χ2n) is 17.6. The van der Waals surface area contributed by atoms with Gasteiger partial charge in [-0.25, -0.2) is 0 Å². The van der Waals surface area contributed by atoms with Gasteiger partial charge in [-0.15, -0.1) is 68.0 Å². The fourth-order valence-corrected chi connectivity index (χ4v) is 25.6. The van der Waals surface area contributed by atoms with Gasteiger partial charge in [0.25, 0.3) is 0 Å². The van der Waals surface area contributed by atoms with Gasteiger partial charge in [-0.2, -0.15) is 17.5 Å². The highest BCUT2D eigenvalue weighted by Crippen LogP contribution is 2.51. The van der Waals surface area contributed by atoms with Crippen molar-refractivity contribution in [2.45, 2.75) is 91.1 Å². The predicted octanol–water partition coefficient (Wildman–Crippen LogP) is 18.0. The summed E-state index contributed by atoms with van der Waals surface area (Å²) in [4.78, 5) is 13.5. The Morgan fingerprint density at radius 3 is 1.22 bits per heavy atom. The topological polar surface area (TPSA) is 51.6 Å². The number of hydrogen-bond donors (Lipinski definition) is 0. The lowest BCUT2D eigenvalue weighted by atomic mass is 10.0. The molecule has 0 spiro atoms. The van der Waals surface area contributed by atoms with Crippen LogP contribution in [-0.2, 0) is 0 Å². The molecule has 9 heterocycles. The summed E-state index contributed by atoms with van der Waals surface area (Å²) in [7, 11) is -2.28. The van der Waals surface area contributed by atoms with Gasteiger partial charge >= 0.3 is 0 Å². The van der Waals surface area contributed by atoms with Crippen LogP contribution in [-0.4, -0.2) is 25.6 Å². The van der Waals surface area contributed by atoms with Gasteiger partial charge in [-0.3, -0.25) is 0 Å². The van der Waals surface area contributed by atoms with Crippen molar-refractivity contribution in [2.75, 3.05) is 0 Å². The second kappa shape index (κ2) is 18.9. The molecule has 330 valence electrons. The van der Waals surface area contributed by atoms with E-state index in [1.165, 1.54) is 158 Å². The zero-order chi connectivity index (χ0) is 44.1. The smallest absolute Gasteiger partial charge is 0.122 e. The van der Waals surface area contributed by atoms with Crippen LogP contribution >= 0.6 is 91.5 Å². The summed E-state index contributed by atoms with van der Waals surface area (Å²) in [5, 5.41) is 7.71. The van der Waals surface area contributed by atoms with Crippen LogP contribution in [0.3, 0.4) is 0 Å². The third-order valence-electron chi connectivity index (χ3n) is 13.7. The van der Waals surface area contributed by atoms with Crippen molar-refractivity contribution in [1.29, 1.82) is 0 Å². The minimum absolute atomic E-state index is 0.716. The van der Waals surface area contributed by atoms with Gasteiger partial charge < -0.3 is 0 Å². The van der Waals surface area contributed by atoms with Gasteiger partial charge in [0, 0.05) is 71.0 Å². The van der Waals surface area contributed by atoms with Gasteiger partial charge in [0.1, 0.15) is 30.1 Å². The van der Waals surface area contributed by atoms with Crippen molar-refractivity contribution >= 4 is 132 Å². The molecule has 0 saturated carbocycles. The summed E-state index contributed by atoms with van der Waals surface area (Å²) in [6.45, 7) is 9.64. The Kier molecular flexibility index (Phi) is 12.8. The first-order valence-electron chi connectivity index (χ1n) is 23.1. The normalized spacial score (nSPS) is 14.2. The molecular weight excluding hydrogens is 965 g/mol. The minimum atomic E-state index is -2.28. The molecule has 0 fully saturated rings. The molecule has 4 nitrogen and oxygen atoms in total. The summed E-state index contributed by atoms with van der Waals surface area (Å²) >= 11 is 14.0. The number of aromatic nitrogens is 4. The van der Waals surface area contributed by atoms with E-state index >= 15 is 0 Å². The molecule has 65 heavy (non-hydrogen) atoms. The van der Waals surface area contributed by atoms with Crippen LogP contribution in [0.25, 0.3) is 93.1 Å². The zero-order valence-electron chi connectivity index (χ0n) is 37.0. The molecule has 13 heteroatoms. The van der Waals surface area contributed by atoms with E-state index in [0.717, 1.165) is 22.1 Å². The molecule has 8 aromatic heterocycles. The Morgan fingerprint density at radius 2 is 0.846 bits per heavy atom. The van der Waals surface area contributed by atoms with Crippen molar-refractivity contribution in [2.24, 2.45) is 11.8 Å². The summed E-state index contributed by atoms with van der Waals surface area (Å²) in [6, 6.07) is 35.1. The summed E-state index contributed by atoms with van der Waals surface area (Å²) in [5.41, 5.74) is 8.94. The Hall–Kier alpha value is -3.50. The highest BCUT2D eigenvalue weighted by atomic mass is 32.1. The van der Waals surface area contributed by atoms with Crippen molar-refractivity contribution in [3.05, 3.63) is 95.7 Å². The van der Waals surface area contributed by atoms with E-state index in [1.807, 2.05) is 45.3 Å². The summed E-state index contributed by atoms with van der Waals surface area (Å²) in [5.74, 6) is 1.43. The number of thiophene rings is 6. The first kappa shape index (κ1) is 44.0. The maximum absolute atomic E-state index is 5.05. The number of unbranched alkanes of at least 4 members (excludes halogenated alkanes) is 2. The number of rotatable bonds is 18. The van der Waals surface area contributed by atoms with Crippen LogP contribution in [0.4, 0.5) is 0 Å². The summed E-state index contributed by atoms with van der Waals surface area (Å²) < 4.78 is 20.1. The molecule has 0 saturated heterocycles. The fraction of sp³-hybridized carbons (Fsp3) is 0.308. The Labute approximate surface area is 415 Å². The van der Waals surface area contributed by atoms with Crippen LogP contribution < -0.4 is 10.4 Å². The van der Waals surface area contributed by atoms with Gasteiger partial charge in [0.15, 0.2) is 0 Å². The van der Waals surface area contributed by atoms with Crippen LogP contribution in [0, 0.1) is 11.8 Å². The van der Waals surface area contributed by atoms with E-state index < -0.39 is 8.07 Å². The highest BCUT2D eigenvalue weighted by molar-refractivity contribution is 7.32. The number of hydrogen-bond acceptors (Lipinski definition) is 12. The monoisotopic (exact) mass is 1010 g/mol. The van der Waals surface area contributed by atoms with Crippen LogP contribution in [0.2, 0.25) is 12.1 Å². The Bertz CT molecular complexity index is 3000. The standard InChI is InChI=1S/C52H50N4S8Si/c1-5-9-13-31(7-3)29-65(30-32(8-4)14-10-6-2)45-27-43(35-19-17-33(47-49(35)55-63-53-47)37-21-23-41(59-37)39-15-11-25-57-39)61-51(45)52-46(65)28-44(62-52)36-20-18-34(48-50(36)56-64-54-48)38-22-24-42(60-38)40-16-12-26-58-40/h11-12,15-28,31-32H,5-10,13-14,29-30H2,1-4H3. The van der Waals surface area contributed by atoms with Gasteiger partial charge in [-0.1, -0.05) is 115 Å². The highest BCUT2D eigenvalue weighted by Gasteiger charge is 2.50. The molecule has 2 atom stereocenters.